The van der Waals surface area contributed by atoms with Crippen molar-refractivity contribution in [3.05, 3.63) is 40.9 Å². The number of amides is 1. The molecule has 20 heavy (non-hydrogen) atoms. The molecule has 0 bridgehead atoms. The van der Waals surface area contributed by atoms with Gasteiger partial charge in [-0.15, -0.1) is 11.3 Å². The summed E-state index contributed by atoms with van der Waals surface area (Å²) < 4.78 is 0. The number of rotatable bonds is 5. The van der Waals surface area contributed by atoms with Gasteiger partial charge in [-0.1, -0.05) is 6.92 Å². The van der Waals surface area contributed by atoms with Crippen molar-refractivity contribution >= 4 is 22.4 Å². The van der Waals surface area contributed by atoms with Crippen molar-refractivity contribution in [2.24, 2.45) is 0 Å². The lowest BCUT2D eigenvalue weighted by Gasteiger charge is -2.08. The minimum Gasteiger partial charge on any atom is -0.508 e. The Morgan fingerprint density at radius 3 is 2.75 bits per heavy atom. The average Bonchev–Trinajstić information content (AvgIpc) is 2.88. The minimum atomic E-state index is -0.234. The summed E-state index contributed by atoms with van der Waals surface area (Å²) in [6.45, 7) is 4.94. The molecule has 1 amide bonds. The van der Waals surface area contributed by atoms with Gasteiger partial charge in [0.05, 0.1) is 5.69 Å². The van der Waals surface area contributed by atoms with Crippen molar-refractivity contribution in [3.8, 4) is 5.75 Å². The molecule has 6 heteroatoms. The lowest BCUT2D eigenvalue weighted by atomic mass is 10.2. The van der Waals surface area contributed by atoms with Crippen LogP contribution >= 0.6 is 11.3 Å². The quantitative estimate of drug-likeness (QED) is 0.792. The van der Waals surface area contributed by atoms with Crippen LogP contribution in [-0.2, 0) is 0 Å². The largest absolute Gasteiger partial charge is 0.508 e. The first kappa shape index (κ1) is 14.5. The molecule has 1 aromatic carbocycles. The number of nitrogens with zero attached hydrogens (tertiary/aromatic N) is 1. The van der Waals surface area contributed by atoms with Crippen LogP contribution in [0.3, 0.4) is 0 Å². The van der Waals surface area contributed by atoms with Gasteiger partial charge in [0.2, 0.25) is 0 Å². The summed E-state index contributed by atoms with van der Waals surface area (Å²) in [5.74, 6) is -0.0976. The summed E-state index contributed by atoms with van der Waals surface area (Å²) in [4.78, 5) is 16.4. The van der Waals surface area contributed by atoms with Crippen molar-refractivity contribution in [2.75, 3.05) is 11.9 Å². The molecule has 2 rings (SSSR count). The van der Waals surface area contributed by atoms with Gasteiger partial charge in [-0.3, -0.25) is 10.1 Å². The molecule has 2 aromatic rings. The van der Waals surface area contributed by atoms with E-state index in [2.05, 4.69) is 15.6 Å². The summed E-state index contributed by atoms with van der Waals surface area (Å²) >= 11 is 1.40. The first-order valence-corrected chi connectivity index (χ1v) is 7.27. The molecule has 0 radical (unpaired) electrons. The van der Waals surface area contributed by atoms with Crippen LogP contribution in [0.25, 0.3) is 0 Å². The third kappa shape index (κ3) is 3.55. The van der Waals surface area contributed by atoms with Gasteiger partial charge in [0.1, 0.15) is 5.75 Å². The van der Waals surface area contributed by atoms with E-state index >= 15 is 0 Å². The normalized spacial score (nSPS) is 12.1. The summed E-state index contributed by atoms with van der Waals surface area (Å²) in [5, 5.41) is 17.7. The highest BCUT2D eigenvalue weighted by molar-refractivity contribution is 7.14. The maximum Gasteiger partial charge on any atom is 0.257 e. The van der Waals surface area contributed by atoms with E-state index in [4.69, 9.17) is 0 Å². The van der Waals surface area contributed by atoms with Crippen LogP contribution in [0, 0.1) is 0 Å². The molecule has 1 unspecified atom stereocenters. The Morgan fingerprint density at radius 1 is 1.40 bits per heavy atom. The number of aromatic nitrogens is 1. The van der Waals surface area contributed by atoms with Crippen LogP contribution in [0.5, 0.6) is 5.75 Å². The number of nitrogens with one attached hydrogen (secondary N) is 2. The van der Waals surface area contributed by atoms with E-state index in [-0.39, 0.29) is 17.7 Å². The van der Waals surface area contributed by atoms with Crippen LogP contribution in [0.2, 0.25) is 0 Å². The average molecular weight is 291 g/mol. The van der Waals surface area contributed by atoms with Gasteiger partial charge in [0.15, 0.2) is 5.13 Å². The molecular weight excluding hydrogens is 274 g/mol. The molecule has 1 heterocycles. The van der Waals surface area contributed by atoms with Gasteiger partial charge in [0, 0.05) is 17.0 Å². The lowest BCUT2D eigenvalue weighted by molar-refractivity contribution is 0.102. The number of carbonyl (C=O) groups excluding carboxylic acids is 1. The van der Waals surface area contributed by atoms with Gasteiger partial charge in [-0.25, -0.2) is 4.98 Å². The van der Waals surface area contributed by atoms with E-state index in [1.54, 1.807) is 12.1 Å². The SMILES string of the molecule is CCNC(C)c1csc(NC(=O)c2ccc(O)cc2)n1. The van der Waals surface area contributed by atoms with Crippen molar-refractivity contribution < 1.29 is 9.90 Å². The number of aromatic hydroxyl groups is 1. The Labute approximate surface area is 121 Å². The summed E-state index contributed by atoms with van der Waals surface area (Å²) in [6.07, 6.45) is 0. The van der Waals surface area contributed by atoms with E-state index in [0.717, 1.165) is 12.2 Å². The zero-order valence-electron chi connectivity index (χ0n) is 11.4. The summed E-state index contributed by atoms with van der Waals surface area (Å²) in [6, 6.07) is 6.27. The predicted molar refractivity (Wildman–Crippen MR) is 80.3 cm³/mol. The monoisotopic (exact) mass is 291 g/mol. The van der Waals surface area contributed by atoms with Crippen LogP contribution in [-0.4, -0.2) is 22.5 Å². The second-order valence-electron chi connectivity index (χ2n) is 4.36. The predicted octanol–water partition coefficient (Wildman–Crippen LogP) is 2.77. The summed E-state index contributed by atoms with van der Waals surface area (Å²) in [7, 11) is 0. The zero-order valence-corrected chi connectivity index (χ0v) is 12.2. The zero-order chi connectivity index (χ0) is 14.5. The van der Waals surface area contributed by atoms with Gasteiger partial charge < -0.3 is 10.4 Å². The van der Waals surface area contributed by atoms with Crippen LogP contribution < -0.4 is 10.6 Å². The van der Waals surface area contributed by atoms with Crippen molar-refractivity contribution in [2.45, 2.75) is 19.9 Å². The summed E-state index contributed by atoms with van der Waals surface area (Å²) in [5.41, 5.74) is 1.40. The standard InChI is InChI=1S/C14H17N3O2S/c1-3-15-9(2)12-8-20-14(16-12)17-13(19)10-4-6-11(18)7-5-10/h4-9,15,18H,3H2,1-2H3,(H,16,17,19). The van der Waals surface area contributed by atoms with Crippen LogP contribution in [0.4, 0.5) is 5.13 Å². The molecule has 0 aliphatic rings. The van der Waals surface area contributed by atoms with E-state index in [0.29, 0.717) is 10.7 Å². The molecule has 1 atom stereocenters. The second kappa shape index (κ2) is 6.49. The number of hydrogen-bond acceptors (Lipinski definition) is 5. The molecule has 106 valence electrons. The van der Waals surface area contributed by atoms with E-state index < -0.39 is 0 Å². The lowest BCUT2D eigenvalue weighted by Crippen LogP contribution is -2.18. The van der Waals surface area contributed by atoms with Crippen LogP contribution in [0.15, 0.2) is 29.6 Å². The number of benzene rings is 1. The number of phenols is 1. The van der Waals surface area contributed by atoms with Gasteiger partial charge >= 0.3 is 0 Å². The fourth-order valence-corrected chi connectivity index (χ4v) is 2.53. The Kier molecular flexibility index (Phi) is 4.70. The molecular formula is C14H17N3O2S. The highest BCUT2D eigenvalue weighted by Gasteiger charge is 2.12. The third-order valence-corrected chi connectivity index (χ3v) is 3.60. The van der Waals surface area contributed by atoms with E-state index in [1.165, 1.54) is 23.5 Å². The first-order valence-electron chi connectivity index (χ1n) is 6.39. The number of anilines is 1. The molecule has 3 N–H and O–H groups in total. The number of thiazole rings is 1. The minimum absolute atomic E-state index is 0.137. The number of hydrogen-bond donors (Lipinski definition) is 3. The maximum atomic E-state index is 12.0. The molecule has 0 aliphatic heterocycles. The van der Waals surface area contributed by atoms with Crippen molar-refractivity contribution in [3.63, 3.8) is 0 Å². The Bertz CT molecular complexity index is 580. The highest BCUT2D eigenvalue weighted by atomic mass is 32.1. The fraction of sp³-hybridized carbons (Fsp3) is 0.286. The molecule has 5 nitrogen and oxygen atoms in total. The topological polar surface area (TPSA) is 74.2 Å². The highest BCUT2D eigenvalue weighted by Crippen LogP contribution is 2.21. The second-order valence-corrected chi connectivity index (χ2v) is 5.22. The first-order chi connectivity index (χ1) is 9.60. The Balaban J connectivity index is 2.03. The molecule has 1 aromatic heterocycles. The molecule has 0 saturated heterocycles. The number of carbonyl (C=O) groups is 1. The van der Waals surface area contributed by atoms with Crippen molar-refractivity contribution in [1.29, 1.82) is 0 Å². The van der Waals surface area contributed by atoms with Crippen molar-refractivity contribution in [1.82, 2.24) is 10.3 Å². The molecule has 0 saturated carbocycles. The molecule has 0 aliphatic carbocycles. The third-order valence-electron chi connectivity index (χ3n) is 2.83. The van der Waals surface area contributed by atoms with E-state index in [9.17, 15) is 9.90 Å². The molecule has 0 fully saturated rings. The number of phenolic OH excluding ortho intramolecular Hbond substituents is 1. The van der Waals surface area contributed by atoms with Gasteiger partial charge in [-0.2, -0.15) is 0 Å². The fourth-order valence-electron chi connectivity index (χ4n) is 1.74. The van der Waals surface area contributed by atoms with Gasteiger partial charge in [0.25, 0.3) is 5.91 Å². The molecule has 0 spiro atoms. The van der Waals surface area contributed by atoms with Gasteiger partial charge in [-0.05, 0) is 37.7 Å². The Morgan fingerprint density at radius 2 is 2.10 bits per heavy atom. The smallest absolute Gasteiger partial charge is 0.257 e. The maximum absolute atomic E-state index is 12.0. The van der Waals surface area contributed by atoms with E-state index in [1.807, 2.05) is 19.2 Å². The Hall–Kier alpha value is -1.92. The van der Waals surface area contributed by atoms with Crippen LogP contribution in [0.1, 0.15) is 35.9 Å².